The largest absolute Gasteiger partial charge is 0.449 e. The first-order valence-electron chi connectivity index (χ1n) is 5.73. The van der Waals surface area contributed by atoms with Gasteiger partial charge in [0.25, 0.3) is 5.91 Å². The molecule has 0 aliphatic carbocycles. The highest BCUT2D eigenvalue weighted by molar-refractivity contribution is 7.90. The molecule has 0 aliphatic heterocycles. The molecule has 0 radical (unpaired) electrons. The average Bonchev–Trinajstić information content (AvgIpc) is 2.36. The zero-order valence-electron chi connectivity index (χ0n) is 11.3. The standard InChI is InChI=1S/C12H14N2O6S/c1-7(10(15)14-12(13)17)20-11(16)8-5-3-4-6-9(8)21(2,18)19/h3-7H,1-2H3,(H3,13,14,15,17)/t7-/m1/s1. The number of benzene rings is 1. The molecule has 0 fully saturated rings. The second-order valence-electron chi connectivity index (χ2n) is 4.17. The molecule has 0 saturated carbocycles. The minimum Gasteiger partial charge on any atom is -0.449 e. The van der Waals surface area contributed by atoms with Crippen LogP contribution in [0.15, 0.2) is 29.2 Å². The molecule has 3 N–H and O–H groups in total. The molecule has 1 aromatic rings. The average molecular weight is 314 g/mol. The van der Waals surface area contributed by atoms with Crippen LogP contribution < -0.4 is 11.1 Å². The van der Waals surface area contributed by atoms with Crippen molar-refractivity contribution in [3.05, 3.63) is 29.8 Å². The van der Waals surface area contributed by atoms with Crippen molar-refractivity contribution in [1.82, 2.24) is 5.32 Å². The number of hydrogen-bond donors (Lipinski definition) is 2. The summed E-state index contributed by atoms with van der Waals surface area (Å²) in [6.45, 7) is 1.22. The molecule has 1 aromatic carbocycles. The number of carbonyl (C=O) groups is 3. The van der Waals surface area contributed by atoms with Gasteiger partial charge in [0.2, 0.25) is 0 Å². The molecule has 0 aliphatic rings. The Morgan fingerprint density at radius 3 is 2.33 bits per heavy atom. The van der Waals surface area contributed by atoms with Gasteiger partial charge < -0.3 is 10.5 Å². The van der Waals surface area contributed by atoms with Crippen LogP contribution in [0.25, 0.3) is 0 Å². The van der Waals surface area contributed by atoms with Crippen LogP contribution in [0.4, 0.5) is 4.79 Å². The summed E-state index contributed by atoms with van der Waals surface area (Å²) in [5, 5.41) is 1.75. The van der Waals surface area contributed by atoms with Crippen molar-refractivity contribution in [2.45, 2.75) is 17.9 Å². The Morgan fingerprint density at radius 2 is 1.81 bits per heavy atom. The molecular weight excluding hydrogens is 300 g/mol. The molecule has 0 saturated heterocycles. The lowest BCUT2D eigenvalue weighted by Crippen LogP contribution is -2.42. The number of nitrogens with one attached hydrogen (secondary N) is 1. The van der Waals surface area contributed by atoms with Crippen LogP contribution in [0.3, 0.4) is 0 Å². The van der Waals surface area contributed by atoms with E-state index in [-0.39, 0.29) is 10.5 Å². The smallest absolute Gasteiger partial charge is 0.340 e. The van der Waals surface area contributed by atoms with Crippen molar-refractivity contribution < 1.29 is 27.5 Å². The fourth-order valence-electron chi connectivity index (χ4n) is 1.46. The van der Waals surface area contributed by atoms with E-state index in [0.29, 0.717) is 0 Å². The number of carbonyl (C=O) groups excluding carboxylic acids is 3. The summed E-state index contributed by atoms with van der Waals surface area (Å²) in [4.78, 5) is 33.6. The first kappa shape index (κ1) is 16.6. The second kappa shape index (κ2) is 6.35. The third-order valence-electron chi connectivity index (χ3n) is 2.41. The zero-order chi connectivity index (χ0) is 16.2. The highest BCUT2D eigenvalue weighted by atomic mass is 32.2. The minimum absolute atomic E-state index is 0.196. The molecule has 3 amide bonds. The SMILES string of the molecule is C[C@@H](OC(=O)c1ccccc1S(C)(=O)=O)C(=O)NC(N)=O. The number of hydrogen-bond acceptors (Lipinski definition) is 6. The van der Waals surface area contributed by atoms with Gasteiger partial charge in [0.05, 0.1) is 10.5 Å². The van der Waals surface area contributed by atoms with Crippen molar-refractivity contribution in [1.29, 1.82) is 0 Å². The van der Waals surface area contributed by atoms with Gasteiger partial charge in [-0.2, -0.15) is 0 Å². The first-order valence-corrected chi connectivity index (χ1v) is 7.62. The molecule has 0 heterocycles. The number of esters is 1. The highest BCUT2D eigenvalue weighted by Crippen LogP contribution is 2.16. The minimum atomic E-state index is -3.63. The molecule has 0 spiro atoms. The molecule has 21 heavy (non-hydrogen) atoms. The molecule has 0 bridgehead atoms. The molecule has 0 aromatic heterocycles. The van der Waals surface area contributed by atoms with Crippen molar-refractivity contribution in [3.63, 3.8) is 0 Å². The van der Waals surface area contributed by atoms with Crippen LogP contribution in [0.5, 0.6) is 0 Å². The van der Waals surface area contributed by atoms with Crippen LogP contribution in [-0.4, -0.2) is 38.7 Å². The number of urea groups is 1. The Labute approximate surface area is 121 Å². The van der Waals surface area contributed by atoms with E-state index in [9.17, 15) is 22.8 Å². The number of imide groups is 1. The number of amides is 3. The summed E-state index contributed by atoms with van der Waals surface area (Å²) in [6, 6.07) is 4.34. The molecule has 0 unspecified atom stereocenters. The molecule has 1 rings (SSSR count). The predicted octanol–water partition coefficient (Wildman–Crippen LogP) is -0.170. The van der Waals surface area contributed by atoms with Crippen LogP contribution >= 0.6 is 0 Å². The van der Waals surface area contributed by atoms with Gasteiger partial charge in [0.1, 0.15) is 0 Å². The normalized spacial score (nSPS) is 12.3. The van der Waals surface area contributed by atoms with Gasteiger partial charge in [-0.1, -0.05) is 12.1 Å². The molecule has 8 nitrogen and oxygen atoms in total. The van der Waals surface area contributed by atoms with E-state index in [4.69, 9.17) is 10.5 Å². The van der Waals surface area contributed by atoms with Crippen LogP contribution in [0, 0.1) is 0 Å². The number of primary amides is 1. The zero-order valence-corrected chi connectivity index (χ0v) is 12.1. The number of rotatable bonds is 4. The number of sulfone groups is 1. The van der Waals surface area contributed by atoms with Gasteiger partial charge in [0.15, 0.2) is 15.9 Å². The van der Waals surface area contributed by atoms with Gasteiger partial charge in [-0.05, 0) is 19.1 Å². The maximum absolute atomic E-state index is 11.9. The van der Waals surface area contributed by atoms with E-state index in [1.807, 2.05) is 0 Å². The monoisotopic (exact) mass is 314 g/mol. The van der Waals surface area contributed by atoms with Gasteiger partial charge in [-0.25, -0.2) is 18.0 Å². The Bertz CT molecular complexity index is 683. The summed E-state index contributed by atoms with van der Waals surface area (Å²) in [6.07, 6.45) is -0.361. The van der Waals surface area contributed by atoms with Gasteiger partial charge in [-0.15, -0.1) is 0 Å². The fraction of sp³-hybridized carbons (Fsp3) is 0.250. The third kappa shape index (κ3) is 4.56. The van der Waals surface area contributed by atoms with Crippen molar-refractivity contribution in [3.8, 4) is 0 Å². The highest BCUT2D eigenvalue weighted by Gasteiger charge is 2.24. The summed E-state index contributed by atoms with van der Waals surface area (Å²) in [7, 11) is -3.63. The van der Waals surface area contributed by atoms with Gasteiger partial charge >= 0.3 is 12.0 Å². The lowest BCUT2D eigenvalue weighted by Gasteiger charge is -2.13. The topological polar surface area (TPSA) is 133 Å². The predicted molar refractivity (Wildman–Crippen MR) is 72.2 cm³/mol. The molecule has 114 valence electrons. The van der Waals surface area contributed by atoms with E-state index in [1.165, 1.54) is 31.2 Å². The Hall–Kier alpha value is -2.42. The second-order valence-corrected chi connectivity index (χ2v) is 6.15. The van der Waals surface area contributed by atoms with Crippen molar-refractivity contribution in [2.75, 3.05) is 6.26 Å². The van der Waals surface area contributed by atoms with E-state index >= 15 is 0 Å². The summed E-state index contributed by atoms with van der Waals surface area (Å²) in [5.41, 5.74) is 4.57. The maximum atomic E-state index is 11.9. The lowest BCUT2D eigenvalue weighted by molar-refractivity contribution is -0.127. The molecular formula is C12H14N2O6S. The quantitative estimate of drug-likeness (QED) is 0.741. The Balaban J connectivity index is 2.96. The summed E-state index contributed by atoms with van der Waals surface area (Å²) >= 11 is 0. The van der Waals surface area contributed by atoms with Crippen molar-refractivity contribution >= 4 is 27.7 Å². The number of nitrogens with two attached hydrogens (primary N) is 1. The summed E-state index contributed by atoms with van der Waals surface area (Å²) in [5.74, 6) is -1.91. The van der Waals surface area contributed by atoms with E-state index in [1.54, 1.807) is 5.32 Å². The first-order chi connectivity index (χ1) is 9.62. The van der Waals surface area contributed by atoms with E-state index in [0.717, 1.165) is 6.26 Å². The van der Waals surface area contributed by atoms with E-state index < -0.39 is 33.8 Å². The van der Waals surface area contributed by atoms with Crippen LogP contribution in [0.2, 0.25) is 0 Å². The van der Waals surface area contributed by atoms with Crippen LogP contribution in [-0.2, 0) is 19.4 Å². The fourth-order valence-corrected chi connectivity index (χ4v) is 2.34. The summed E-state index contributed by atoms with van der Waals surface area (Å²) < 4.78 is 28.0. The molecule has 1 atom stereocenters. The number of ether oxygens (including phenoxy) is 1. The van der Waals surface area contributed by atoms with Crippen molar-refractivity contribution in [2.24, 2.45) is 5.73 Å². The third-order valence-corrected chi connectivity index (χ3v) is 3.56. The van der Waals surface area contributed by atoms with E-state index in [2.05, 4.69) is 0 Å². The van der Waals surface area contributed by atoms with Gasteiger partial charge in [0, 0.05) is 6.26 Å². The molecule has 9 heteroatoms. The lowest BCUT2D eigenvalue weighted by atomic mass is 10.2. The van der Waals surface area contributed by atoms with Crippen LogP contribution in [0.1, 0.15) is 17.3 Å². The Kier molecular flexibility index (Phi) is 5.03. The maximum Gasteiger partial charge on any atom is 0.340 e. The van der Waals surface area contributed by atoms with Gasteiger partial charge in [-0.3, -0.25) is 10.1 Å². The Morgan fingerprint density at radius 1 is 1.24 bits per heavy atom.